The fraction of sp³-hybridized carbons (Fsp3) is 0.200. The first-order valence-electron chi connectivity index (χ1n) is 6.87. The van der Waals surface area contributed by atoms with Gasteiger partial charge in [-0.1, -0.05) is 12.1 Å². The number of ether oxygens (including phenoxy) is 1. The molecule has 23 heavy (non-hydrogen) atoms. The smallest absolute Gasteiger partial charge is 0.338 e. The lowest BCUT2D eigenvalue weighted by atomic mass is 10.2. The van der Waals surface area contributed by atoms with Gasteiger partial charge in [0.1, 0.15) is 11.3 Å². The van der Waals surface area contributed by atoms with Crippen LogP contribution in [0.5, 0.6) is 5.75 Å². The lowest BCUT2D eigenvalue weighted by Crippen LogP contribution is -2.34. The first kappa shape index (κ1) is 14.8. The Morgan fingerprint density at radius 2 is 2.13 bits per heavy atom. The van der Waals surface area contributed by atoms with E-state index in [1.165, 1.54) is 17.8 Å². The number of carbonyl (C=O) groups is 1. The van der Waals surface area contributed by atoms with Crippen LogP contribution in [0.25, 0.3) is 22.6 Å². The Bertz CT molecular complexity index is 957. The first-order chi connectivity index (χ1) is 11.1. The summed E-state index contributed by atoms with van der Waals surface area (Å²) in [5.41, 5.74) is 1.01. The molecule has 8 heteroatoms. The van der Waals surface area contributed by atoms with Crippen molar-refractivity contribution in [2.24, 2.45) is 7.05 Å². The third kappa shape index (κ3) is 2.33. The average Bonchev–Trinajstić information content (AvgIpc) is 2.85. The van der Waals surface area contributed by atoms with Crippen LogP contribution in [0.4, 0.5) is 4.79 Å². The minimum atomic E-state index is -0.529. The summed E-state index contributed by atoms with van der Waals surface area (Å²) < 4.78 is 7.51. The van der Waals surface area contributed by atoms with Gasteiger partial charge in [-0.2, -0.15) is 0 Å². The molecule has 2 aromatic heterocycles. The highest BCUT2D eigenvalue weighted by atomic mass is 16.5. The molecule has 0 unspecified atom stereocenters. The molecule has 0 aliphatic carbocycles. The molecule has 8 nitrogen and oxygen atoms in total. The van der Waals surface area contributed by atoms with E-state index in [0.717, 1.165) is 10.1 Å². The summed E-state index contributed by atoms with van der Waals surface area (Å²) in [6.07, 6.45) is 1.47. The van der Waals surface area contributed by atoms with E-state index in [4.69, 9.17) is 4.74 Å². The quantitative estimate of drug-likeness (QED) is 0.762. The van der Waals surface area contributed by atoms with Gasteiger partial charge in [0.15, 0.2) is 11.5 Å². The van der Waals surface area contributed by atoms with E-state index in [-0.39, 0.29) is 0 Å². The summed E-state index contributed by atoms with van der Waals surface area (Å²) in [7, 11) is 4.60. The van der Waals surface area contributed by atoms with Gasteiger partial charge >= 0.3 is 11.7 Å². The summed E-state index contributed by atoms with van der Waals surface area (Å²) in [5, 5.41) is 2.43. The molecule has 3 aromatic rings. The van der Waals surface area contributed by atoms with E-state index in [2.05, 4.69) is 15.3 Å². The minimum Gasteiger partial charge on any atom is -0.497 e. The van der Waals surface area contributed by atoms with E-state index < -0.39 is 11.7 Å². The van der Waals surface area contributed by atoms with Crippen LogP contribution in [0.1, 0.15) is 0 Å². The van der Waals surface area contributed by atoms with Crippen LogP contribution in [0.3, 0.4) is 0 Å². The van der Waals surface area contributed by atoms with E-state index in [0.29, 0.717) is 22.7 Å². The Kier molecular flexibility index (Phi) is 3.57. The number of methoxy groups -OCH3 is 1. The van der Waals surface area contributed by atoms with Crippen molar-refractivity contribution in [2.75, 3.05) is 14.2 Å². The molecule has 1 aromatic carbocycles. The highest BCUT2D eigenvalue weighted by Crippen LogP contribution is 2.22. The molecule has 0 radical (unpaired) electrons. The van der Waals surface area contributed by atoms with Crippen LogP contribution in [-0.2, 0) is 7.05 Å². The molecule has 1 N–H and O–H groups in total. The molecular weight excluding hydrogens is 298 g/mol. The van der Waals surface area contributed by atoms with Gasteiger partial charge in [-0.05, 0) is 12.1 Å². The summed E-state index contributed by atoms with van der Waals surface area (Å²) in [5.74, 6) is 1.13. The molecule has 0 aliphatic rings. The van der Waals surface area contributed by atoms with E-state index in [1.807, 2.05) is 18.2 Å². The number of nitrogens with zero attached hydrogens (tertiary/aromatic N) is 4. The zero-order valence-corrected chi connectivity index (χ0v) is 12.9. The highest BCUT2D eigenvalue weighted by Gasteiger charge is 2.18. The Hall–Kier alpha value is -3.16. The van der Waals surface area contributed by atoms with Crippen LogP contribution < -0.4 is 15.7 Å². The SMILES string of the molecule is CNC(=O)n1c(=O)n(C)c2nc(-c3cccc(OC)c3)ncc21. The normalized spacial score (nSPS) is 10.7. The Morgan fingerprint density at radius 1 is 1.35 bits per heavy atom. The summed E-state index contributed by atoms with van der Waals surface area (Å²) in [6.45, 7) is 0. The standard InChI is InChI=1S/C15H15N5O3/c1-16-14(21)20-11-8-17-12(18-13(11)19(2)15(20)22)9-5-4-6-10(7-9)23-3/h4-8H,1-3H3,(H,16,21). The molecule has 0 saturated heterocycles. The van der Waals surface area contributed by atoms with Gasteiger partial charge in [-0.3, -0.25) is 4.57 Å². The minimum absolute atomic E-state index is 0.350. The number of aromatic nitrogens is 4. The van der Waals surface area contributed by atoms with Crippen molar-refractivity contribution in [3.05, 3.63) is 40.9 Å². The van der Waals surface area contributed by atoms with E-state index in [1.54, 1.807) is 20.2 Å². The van der Waals surface area contributed by atoms with Crippen molar-refractivity contribution in [3.8, 4) is 17.1 Å². The molecule has 0 spiro atoms. The van der Waals surface area contributed by atoms with Crippen molar-refractivity contribution >= 4 is 17.2 Å². The maximum absolute atomic E-state index is 12.2. The topological polar surface area (TPSA) is 91.0 Å². The fourth-order valence-electron chi connectivity index (χ4n) is 2.32. The van der Waals surface area contributed by atoms with Crippen LogP contribution in [0.15, 0.2) is 35.3 Å². The number of hydrogen-bond acceptors (Lipinski definition) is 5. The molecule has 0 saturated carbocycles. The van der Waals surface area contributed by atoms with Crippen LogP contribution in [0.2, 0.25) is 0 Å². The maximum Gasteiger partial charge on any atom is 0.338 e. The Balaban J connectivity index is 2.22. The van der Waals surface area contributed by atoms with Crippen LogP contribution in [0, 0.1) is 0 Å². The van der Waals surface area contributed by atoms with Crippen LogP contribution in [-0.4, -0.2) is 39.3 Å². The second-order valence-electron chi connectivity index (χ2n) is 4.87. The molecule has 0 bridgehead atoms. The fourth-order valence-corrected chi connectivity index (χ4v) is 2.32. The summed E-state index contributed by atoms with van der Waals surface area (Å²) in [6, 6.07) is 6.77. The van der Waals surface area contributed by atoms with Crippen molar-refractivity contribution in [1.29, 1.82) is 0 Å². The Labute approximate surface area is 131 Å². The van der Waals surface area contributed by atoms with Gasteiger partial charge in [-0.25, -0.2) is 24.1 Å². The average molecular weight is 313 g/mol. The summed E-state index contributed by atoms with van der Waals surface area (Å²) >= 11 is 0. The molecule has 0 aliphatic heterocycles. The molecule has 2 heterocycles. The molecule has 1 amide bonds. The number of amides is 1. The molecule has 0 fully saturated rings. The second-order valence-corrected chi connectivity index (χ2v) is 4.87. The number of imidazole rings is 1. The number of aryl methyl sites for hydroxylation is 1. The number of benzene rings is 1. The third-order valence-corrected chi connectivity index (χ3v) is 3.53. The number of nitrogens with one attached hydrogen (secondary N) is 1. The van der Waals surface area contributed by atoms with Gasteiger partial charge in [-0.15, -0.1) is 0 Å². The van der Waals surface area contributed by atoms with Gasteiger partial charge < -0.3 is 10.1 Å². The van der Waals surface area contributed by atoms with Crippen LogP contribution >= 0.6 is 0 Å². The molecule has 3 rings (SSSR count). The Morgan fingerprint density at radius 3 is 2.83 bits per heavy atom. The lowest BCUT2D eigenvalue weighted by molar-refractivity contribution is 0.244. The van der Waals surface area contributed by atoms with Gasteiger partial charge in [0.2, 0.25) is 0 Å². The first-order valence-corrected chi connectivity index (χ1v) is 6.87. The van der Waals surface area contributed by atoms with E-state index in [9.17, 15) is 9.59 Å². The zero-order valence-electron chi connectivity index (χ0n) is 12.9. The van der Waals surface area contributed by atoms with Crippen molar-refractivity contribution in [3.63, 3.8) is 0 Å². The predicted octanol–water partition coefficient (Wildman–Crippen LogP) is 0.993. The highest BCUT2D eigenvalue weighted by molar-refractivity contribution is 5.87. The molecule has 0 atom stereocenters. The van der Waals surface area contributed by atoms with E-state index >= 15 is 0 Å². The lowest BCUT2D eigenvalue weighted by Gasteiger charge is -2.04. The number of rotatable bonds is 2. The number of hydrogen-bond donors (Lipinski definition) is 1. The molecular formula is C15H15N5O3. The van der Waals surface area contributed by atoms with Crippen molar-refractivity contribution in [2.45, 2.75) is 0 Å². The summed E-state index contributed by atoms with van der Waals surface area (Å²) in [4.78, 5) is 32.8. The van der Waals surface area contributed by atoms with Crippen molar-refractivity contribution in [1.82, 2.24) is 24.4 Å². The predicted molar refractivity (Wildman–Crippen MR) is 84.6 cm³/mol. The van der Waals surface area contributed by atoms with Gasteiger partial charge in [0, 0.05) is 19.7 Å². The monoisotopic (exact) mass is 313 g/mol. The second kappa shape index (κ2) is 5.56. The van der Waals surface area contributed by atoms with Gasteiger partial charge in [0.05, 0.1) is 13.3 Å². The number of fused-ring (bicyclic) bond motifs is 1. The maximum atomic E-state index is 12.2. The zero-order chi connectivity index (χ0) is 16.6. The number of carbonyl (C=O) groups excluding carboxylic acids is 1. The van der Waals surface area contributed by atoms with Crippen molar-refractivity contribution < 1.29 is 9.53 Å². The largest absolute Gasteiger partial charge is 0.497 e. The molecule has 118 valence electrons. The third-order valence-electron chi connectivity index (χ3n) is 3.53. The van der Waals surface area contributed by atoms with Gasteiger partial charge in [0.25, 0.3) is 0 Å².